The summed E-state index contributed by atoms with van der Waals surface area (Å²) in [5, 5.41) is 0. The molecule has 0 amide bonds. The standard InChI is InChI=1S/C12H20N3/c1-13(2)10-7-8-11(14(3)4)12(9-10)15(5)6/h7,9H,1-6H3. The minimum absolute atomic E-state index is 1.12. The van der Waals surface area contributed by atoms with Crippen LogP contribution in [0.3, 0.4) is 0 Å². The smallest absolute Gasteiger partial charge is 0.0680 e. The Labute approximate surface area is 92.9 Å². The third-order valence-electron chi connectivity index (χ3n) is 2.33. The third kappa shape index (κ3) is 2.55. The van der Waals surface area contributed by atoms with Gasteiger partial charge >= 0.3 is 0 Å². The van der Waals surface area contributed by atoms with E-state index in [1.807, 2.05) is 34.3 Å². The van der Waals surface area contributed by atoms with Gasteiger partial charge in [0.1, 0.15) is 0 Å². The molecule has 0 bridgehead atoms. The van der Waals surface area contributed by atoms with Gasteiger partial charge in [0.15, 0.2) is 0 Å². The first-order valence-electron chi connectivity index (χ1n) is 5.01. The summed E-state index contributed by atoms with van der Waals surface area (Å²) in [7, 11) is 12.3. The van der Waals surface area contributed by atoms with E-state index in [2.05, 4.69) is 40.9 Å². The monoisotopic (exact) mass is 206 g/mol. The Kier molecular flexibility index (Phi) is 3.45. The summed E-state index contributed by atoms with van der Waals surface area (Å²) >= 11 is 0. The summed E-state index contributed by atoms with van der Waals surface area (Å²) in [4.78, 5) is 6.27. The second-order valence-electron chi connectivity index (χ2n) is 4.28. The zero-order chi connectivity index (χ0) is 11.6. The third-order valence-corrected chi connectivity index (χ3v) is 2.33. The van der Waals surface area contributed by atoms with Crippen molar-refractivity contribution in [2.75, 3.05) is 57.0 Å². The highest BCUT2D eigenvalue weighted by Crippen LogP contribution is 2.30. The number of hydrogen-bond donors (Lipinski definition) is 0. The summed E-state index contributed by atoms with van der Waals surface area (Å²) in [5.41, 5.74) is 3.47. The summed E-state index contributed by atoms with van der Waals surface area (Å²) in [6.45, 7) is 0. The van der Waals surface area contributed by atoms with Crippen LogP contribution in [0, 0.1) is 6.07 Å². The van der Waals surface area contributed by atoms with Crippen LogP contribution in [0.2, 0.25) is 0 Å². The topological polar surface area (TPSA) is 9.72 Å². The molecule has 0 aromatic heterocycles. The van der Waals surface area contributed by atoms with Crippen molar-refractivity contribution in [3.63, 3.8) is 0 Å². The average Bonchev–Trinajstić information content (AvgIpc) is 2.16. The second kappa shape index (κ2) is 4.43. The van der Waals surface area contributed by atoms with Gasteiger partial charge in [0.2, 0.25) is 0 Å². The fourth-order valence-electron chi connectivity index (χ4n) is 1.42. The molecular weight excluding hydrogens is 186 g/mol. The van der Waals surface area contributed by atoms with Gasteiger partial charge in [0, 0.05) is 54.0 Å². The van der Waals surface area contributed by atoms with Crippen molar-refractivity contribution in [2.24, 2.45) is 0 Å². The lowest BCUT2D eigenvalue weighted by Crippen LogP contribution is -2.18. The minimum Gasteiger partial charge on any atom is -0.378 e. The summed E-state index contributed by atoms with van der Waals surface area (Å²) in [5.74, 6) is 0. The molecule has 3 nitrogen and oxygen atoms in total. The van der Waals surface area contributed by atoms with Gasteiger partial charge in [0.05, 0.1) is 11.4 Å². The summed E-state index contributed by atoms with van der Waals surface area (Å²) in [6, 6.07) is 7.50. The number of benzene rings is 1. The molecule has 0 N–H and O–H groups in total. The molecule has 0 spiro atoms. The van der Waals surface area contributed by atoms with Crippen molar-refractivity contribution < 1.29 is 0 Å². The van der Waals surface area contributed by atoms with Crippen molar-refractivity contribution in [1.82, 2.24) is 0 Å². The van der Waals surface area contributed by atoms with Gasteiger partial charge in [-0.15, -0.1) is 0 Å². The van der Waals surface area contributed by atoms with E-state index in [4.69, 9.17) is 0 Å². The van der Waals surface area contributed by atoms with Crippen molar-refractivity contribution in [2.45, 2.75) is 0 Å². The maximum Gasteiger partial charge on any atom is 0.0680 e. The molecule has 1 radical (unpaired) electrons. The van der Waals surface area contributed by atoms with Gasteiger partial charge in [-0.2, -0.15) is 0 Å². The van der Waals surface area contributed by atoms with E-state index < -0.39 is 0 Å². The molecule has 1 aromatic carbocycles. The SMILES string of the molecule is CN(C)c1c[c]c(N(C)C)c(N(C)C)c1. The van der Waals surface area contributed by atoms with Crippen molar-refractivity contribution in [3.8, 4) is 0 Å². The van der Waals surface area contributed by atoms with Crippen LogP contribution in [0.25, 0.3) is 0 Å². The Morgan fingerprint density at radius 3 is 1.87 bits per heavy atom. The molecule has 1 rings (SSSR count). The lowest BCUT2D eigenvalue weighted by molar-refractivity contribution is 1.06. The van der Waals surface area contributed by atoms with Gasteiger partial charge in [-0.3, -0.25) is 0 Å². The highest BCUT2D eigenvalue weighted by Gasteiger charge is 2.08. The first kappa shape index (κ1) is 11.7. The normalized spacial score (nSPS) is 10.0. The highest BCUT2D eigenvalue weighted by atomic mass is 15.1. The molecule has 0 unspecified atom stereocenters. The van der Waals surface area contributed by atoms with E-state index in [0.29, 0.717) is 0 Å². The van der Waals surface area contributed by atoms with Crippen LogP contribution in [0.1, 0.15) is 0 Å². The van der Waals surface area contributed by atoms with Crippen LogP contribution < -0.4 is 14.7 Å². The predicted octanol–water partition coefficient (Wildman–Crippen LogP) is 1.68. The maximum atomic E-state index is 3.31. The van der Waals surface area contributed by atoms with Gasteiger partial charge < -0.3 is 14.7 Å². The molecular formula is C12H20N3. The molecule has 3 heteroatoms. The first-order valence-corrected chi connectivity index (χ1v) is 5.01. The number of nitrogens with zero attached hydrogens (tertiary/aromatic N) is 3. The van der Waals surface area contributed by atoms with E-state index >= 15 is 0 Å². The number of rotatable bonds is 3. The molecule has 1 aromatic rings. The van der Waals surface area contributed by atoms with Gasteiger partial charge in [-0.25, -0.2) is 0 Å². The Hall–Kier alpha value is -1.38. The van der Waals surface area contributed by atoms with E-state index in [0.717, 1.165) is 5.69 Å². The highest BCUT2D eigenvalue weighted by molar-refractivity contribution is 5.74. The molecule has 15 heavy (non-hydrogen) atoms. The Morgan fingerprint density at radius 2 is 1.47 bits per heavy atom. The summed E-state index contributed by atoms with van der Waals surface area (Å²) in [6.07, 6.45) is 0. The molecule has 0 aliphatic rings. The zero-order valence-electron chi connectivity index (χ0n) is 10.5. The van der Waals surface area contributed by atoms with Crippen LogP contribution in [-0.2, 0) is 0 Å². The van der Waals surface area contributed by atoms with Crippen LogP contribution in [0.15, 0.2) is 12.1 Å². The quantitative estimate of drug-likeness (QED) is 0.745. The van der Waals surface area contributed by atoms with Crippen LogP contribution >= 0.6 is 0 Å². The lowest BCUT2D eigenvalue weighted by Gasteiger charge is -2.24. The summed E-state index contributed by atoms with van der Waals surface area (Å²) < 4.78 is 0. The predicted molar refractivity (Wildman–Crippen MR) is 68.3 cm³/mol. The van der Waals surface area contributed by atoms with E-state index in [-0.39, 0.29) is 0 Å². The Bertz CT molecular complexity index is 330. The first-order chi connectivity index (χ1) is 6.93. The maximum absolute atomic E-state index is 3.31. The van der Waals surface area contributed by atoms with Crippen LogP contribution in [0.4, 0.5) is 17.1 Å². The molecule has 0 fully saturated rings. The molecule has 0 heterocycles. The van der Waals surface area contributed by atoms with Crippen LogP contribution in [-0.4, -0.2) is 42.3 Å². The molecule has 83 valence electrons. The van der Waals surface area contributed by atoms with Gasteiger partial charge in [-0.1, -0.05) is 0 Å². The van der Waals surface area contributed by atoms with Crippen molar-refractivity contribution >= 4 is 17.1 Å². The molecule has 0 atom stereocenters. The van der Waals surface area contributed by atoms with Crippen LogP contribution in [0.5, 0.6) is 0 Å². The molecule has 0 aliphatic heterocycles. The van der Waals surface area contributed by atoms with Gasteiger partial charge in [-0.05, 0) is 12.1 Å². The minimum atomic E-state index is 1.12. The number of anilines is 3. The average molecular weight is 206 g/mol. The lowest BCUT2D eigenvalue weighted by atomic mass is 10.2. The van der Waals surface area contributed by atoms with E-state index in [1.54, 1.807) is 0 Å². The Morgan fingerprint density at radius 1 is 0.867 bits per heavy atom. The molecule has 0 aliphatic carbocycles. The molecule has 0 saturated carbocycles. The van der Waals surface area contributed by atoms with E-state index in [1.165, 1.54) is 11.4 Å². The Balaban J connectivity index is 3.21. The fourth-order valence-corrected chi connectivity index (χ4v) is 1.42. The van der Waals surface area contributed by atoms with Gasteiger partial charge in [0.25, 0.3) is 0 Å². The second-order valence-corrected chi connectivity index (χ2v) is 4.28. The van der Waals surface area contributed by atoms with Crippen molar-refractivity contribution in [3.05, 3.63) is 18.2 Å². The largest absolute Gasteiger partial charge is 0.378 e. The molecule has 0 saturated heterocycles. The fraction of sp³-hybridized carbons (Fsp3) is 0.500. The number of hydrogen-bond acceptors (Lipinski definition) is 3. The zero-order valence-corrected chi connectivity index (χ0v) is 10.5. The van der Waals surface area contributed by atoms with E-state index in [9.17, 15) is 0 Å². The van der Waals surface area contributed by atoms with Crippen molar-refractivity contribution in [1.29, 1.82) is 0 Å².